The van der Waals surface area contributed by atoms with Crippen LogP contribution in [0.15, 0.2) is 24.3 Å². The molecule has 1 heterocycles. The van der Waals surface area contributed by atoms with Gasteiger partial charge in [0.1, 0.15) is 12.4 Å². The number of ether oxygens (including phenoxy) is 2. The van der Waals surface area contributed by atoms with Gasteiger partial charge in [0, 0.05) is 19.7 Å². The van der Waals surface area contributed by atoms with E-state index in [-0.39, 0.29) is 5.91 Å². The Morgan fingerprint density at radius 3 is 2.70 bits per heavy atom. The van der Waals surface area contributed by atoms with Crippen LogP contribution in [0, 0.1) is 5.92 Å². The van der Waals surface area contributed by atoms with Gasteiger partial charge in [0.05, 0.1) is 13.0 Å². The molecule has 3 rings (SSSR count). The molecule has 0 aromatic heterocycles. The first-order chi connectivity index (χ1) is 11.3. The molecule has 0 spiro atoms. The average Bonchev–Trinajstić information content (AvgIpc) is 3.05. The van der Waals surface area contributed by atoms with Crippen LogP contribution in [0.25, 0.3) is 0 Å². The van der Waals surface area contributed by atoms with Gasteiger partial charge in [-0.1, -0.05) is 18.6 Å². The highest BCUT2D eigenvalue weighted by Gasteiger charge is 2.36. The maximum absolute atomic E-state index is 12.7. The number of rotatable bonds is 6. The van der Waals surface area contributed by atoms with E-state index in [1.165, 1.54) is 32.1 Å². The number of carbonyl (C=O) groups is 1. The van der Waals surface area contributed by atoms with Gasteiger partial charge in [-0.3, -0.25) is 4.79 Å². The Morgan fingerprint density at radius 1 is 1.13 bits per heavy atom. The fraction of sp³-hybridized carbons (Fsp3) is 0.632. The van der Waals surface area contributed by atoms with Gasteiger partial charge in [-0.15, -0.1) is 0 Å². The molecular weight excluding hydrogens is 290 g/mol. The summed E-state index contributed by atoms with van der Waals surface area (Å²) in [6, 6.07) is 8.37. The lowest BCUT2D eigenvalue weighted by Crippen LogP contribution is -2.46. The van der Waals surface area contributed by atoms with E-state index < -0.39 is 0 Å². The zero-order valence-corrected chi connectivity index (χ0v) is 14.0. The van der Waals surface area contributed by atoms with Gasteiger partial charge < -0.3 is 14.4 Å². The van der Waals surface area contributed by atoms with E-state index in [2.05, 4.69) is 4.90 Å². The summed E-state index contributed by atoms with van der Waals surface area (Å²) < 4.78 is 10.5. The quantitative estimate of drug-likeness (QED) is 0.757. The third kappa shape index (κ3) is 4.05. The van der Waals surface area contributed by atoms with Crippen LogP contribution in [0.2, 0.25) is 0 Å². The second-order valence-corrected chi connectivity index (χ2v) is 6.65. The largest absolute Gasteiger partial charge is 0.491 e. The second-order valence-electron chi connectivity index (χ2n) is 6.65. The van der Waals surface area contributed by atoms with E-state index in [1.54, 1.807) is 7.11 Å². The molecule has 1 saturated heterocycles. The van der Waals surface area contributed by atoms with Crippen LogP contribution in [0.5, 0.6) is 5.75 Å². The molecule has 0 radical (unpaired) electrons. The van der Waals surface area contributed by atoms with E-state index >= 15 is 0 Å². The van der Waals surface area contributed by atoms with E-state index in [4.69, 9.17) is 9.47 Å². The molecule has 1 aliphatic heterocycles. The molecule has 1 aliphatic carbocycles. The van der Waals surface area contributed by atoms with Gasteiger partial charge in [-0.2, -0.15) is 0 Å². The fourth-order valence-corrected chi connectivity index (χ4v) is 3.99. The number of benzene rings is 1. The predicted octanol–water partition coefficient (Wildman–Crippen LogP) is 3.05. The van der Waals surface area contributed by atoms with Gasteiger partial charge in [0.25, 0.3) is 0 Å². The molecule has 2 aliphatic rings. The minimum absolute atomic E-state index is 0.287. The minimum atomic E-state index is 0.287. The Labute approximate surface area is 138 Å². The second kappa shape index (κ2) is 7.82. The van der Waals surface area contributed by atoms with E-state index in [0.29, 0.717) is 25.7 Å². The molecule has 1 saturated carbocycles. The predicted molar refractivity (Wildman–Crippen MR) is 89.6 cm³/mol. The molecule has 2 fully saturated rings. The zero-order valence-electron chi connectivity index (χ0n) is 14.0. The van der Waals surface area contributed by atoms with Gasteiger partial charge >= 0.3 is 0 Å². The Balaban J connectivity index is 1.55. The zero-order chi connectivity index (χ0) is 16.1. The number of likely N-dealkylation sites (tertiary alicyclic amines) is 1. The topological polar surface area (TPSA) is 38.8 Å². The molecule has 4 heteroatoms. The standard InChI is InChI=1S/C19H27NO3/c1-22-12-13-23-17-9-7-15(8-10-17)14-19(21)20-11-3-5-16-4-2-6-18(16)20/h7-10,16,18H,2-6,11-14H2,1H3/t16-,18-/m1/s1. The molecule has 0 N–H and O–H groups in total. The number of amides is 1. The lowest BCUT2D eigenvalue weighted by molar-refractivity contribution is -0.135. The van der Waals surface area contributed by atoms with Crippen molar-refractivity contribution < 1.29 is 14.3 Å². The maximum atomic E-state index is 12.7. The van der Waals surface area contributed by atoms with Crippen molar-refractivity contribution in [3.05, 3.63) is 29.8 Å². The summed E-state index contributed by atoms with van der Waals surface area (Å²) in [4.78, 5) is 14.8. The molecule has 0 unspecified atom stereocenters. The van der Waals surface area contributed by atoms with Gasteiger partial charge in [0.2, 0.25) is 5.91 Å². The van der Waals surface area contributed by atoms with Gasteiger partial charge in [0.15, 0.2) is 0 Å². The third-order valence-electron chi connectivity index (χ3n) is 5.15. The lowest BCUT2D eigenvalue weighted by atomic mass is 9.91. The summed E-state index contributed by atoms with van der Waals surface area (Å²) in [6.07, 6.45) is 6.76. The van der Waals surface area contributed by atoms with Crippen LogP contribution in [0.3, 0.4) is 0 Å². The number of carbonyl (C=O) groups excluding carboxylic acids is 1. The van der Waals surface area contributed by atoms with Crippen molar-refractivity contribution in [2.45, 2.75) is 44.6 Å². The Kier molecular flexibility index (Phi) is 5.55. The Hall–Kier alpha value is -1.55. The molecule has 126 valence electrons. The first kappa shape index (κ1) is 16.3. The van der Waals surface area contributed by atoms with Crippen LogP contribution >= 0.6 is 0 Å². The number of piperidine rings is 1. The molecule has 1 amide bonds. The number of nitrogens with zero attached hydrogens (tertiary/aromatic N) is 1. The maximum Gasteiger partial charge on any atom is 0.227 e. The van der Waals surface area contributed by atoms with Crippen molar-refractivity contribution in [3.8, 4) is 5.75 Å². The summed E-state index contributed by atoms with van der Waals surface area (Å²) in [7, 11) is 1.66. The number of fused-ring (bicyclic) bond motifs is 1. The highest BCUT2D eigenvalue weighted by molar-refractivity contribution is 5.79. The highest BCUT2D eigenvalue weighted by Crippen LogP contribution is 2.37. The summed E-state index contributed by atoms with van der Waals surface area (Å²) in [5, 5.41) is 0. The molecule has 2 atom stereocenters. The van der Waals surface area contributed by atoms with E-state index in [0.717, 1.165) is 23.8 Å². The molecule has 23 heavy (non-hydrogen) atoms. The molecule has 4 nitrogen and oxygen atoms in total. The Bertz CT molecular complexity index is 514. The van der Waals surface area contributed by atoms with Crippen molar-refractivity contribution in [2.75, 3.05) is 26.9 Å². The van der Waals surface area contributed by atoms with Crippen LogP contribution in [-0.2, 0) is 16.0 Å². The van der Waals surface area contributed by atoms with Gasteiger partial charge in [-0.25, -0.2) is 0 Å². The van der Waals surface area contributed by atoms with Crippen LogP contribution in [0.1, 0.15) is 37.7 Å². The average molecular weight is 317 g/mol. The summed E-state index contributed by atoms with van der Waals surface area (Å²) in [5.41, 5.74) is 1.06. The molecule has 1 aromatic carbocycles. The lowest BCUT2D eigenvalue weighted by Gasteiger charge is -2.38. The number of hydrogen-bond donors (Lipinski definition) is 0. The first-order valence-electron chi connectivity index (χ1n) is 8.78. The van der Waals surface area contributed by atoms with Gasteiger partial charge in [-0.05, 0) is 49.3 Å². The van der Waals surface area contributed by atoms with Crippen LogP contribution in [-0.4, -0.2) is 43.7 Å². The normalized spacial score (nSPS) is 23.6. The van der Waals surface area contributed by atoms with Crippen molar-refractivity contribution >= 4 is 5.91 Å². The fourth-order valence-electron chi connectivity index (χ4n) is 3.99. The van der Waals surface area contributed by atoms with Crippen LogP contribution in [0.4, 0.5) is 0 Å². The molecule has 0 bridgehead atoms. The molecule has 1 aromatic rings. The monoisotopic (exact) mass is 317 g/mol. The summed E-state index contributed by atoms with van der Waals surface area (Å²) in [5.74, 6) is 1.87. The summed E-state index contributed by atoms with van der Waals surface area (Å²) >= 11 is 0. The van der Waals surface area contributed by atoms with Crippen molar-refractivity contribution in [3.63, 3.8) is 0 Å². The summed E-state index contributed by atoms with van der Waals surface area (Å²) in [6.45, 7) is 2.07. The number of methoxy groups -OCH3 is 1. The van der Waals surface area contributed by atoms with E-state index in [9.17, 15) is 4.79 Å². The van der Waals surface area contributed by atoms with Crippen molar-refractivity contribution in [1.29, 1.82) is 0 Å². The molecular formula is C19H27NO3. The van der Waals surface area contributed by atoms with Crippen molar-refractivity contribution in [1.82, 2.24) is 4.90 Å². The van der Waals surface area contributed by atoms with Crippen molar-refractivity contribution in [2.24, 2.45) is 5.92 Å². The SMILES string of the molecule is COCCOc1ccc(CC(=O)N2CCC[C@H]3CCC[C@H]32)cc1. The Morgan fingerprint density at radius 2 is 1.91 bits per heavy atom. The minimum Gasteiger partial charge on any atom is -0.491 e. The van der Waals surface area contributed by atoms with E-state index in [1.807, 2.05) is 24.3 Å². The first-order valence-corrected chi connectivity index (χ1v) is 8.78. The van der Waals surface area contributed by atoms with Crippen LogP contribution < -0.4 is 4.74 Å². The smallest absolute Gasteiger partial charge is 0.227 e. The third-order valence-corrected chi connectivity index (χ3v) is 5.15. The highest BCUT2D eigenvalue weighted by atomic mass is 16.5. The number of hydrogen-bond acceptors (Lipinski definition) is 3.